The van der Waals surface area contributed by atoms with Crippen molar-refractivity contribution >= 4 is 34.5 Å². The Kier molecular flexibility index (Phi) is 3.51. The van der Waals surface area contributed by atoms with Crippen molar-refractivity contribution in [3.63, 3.8) is 0 Å². The van der Waals surface area contributed by atoms with Gasteiger partial charge in [-0.3, -0.25) is 10.1 Å². The normalized spacial score (nSPS) is 16.9. The lowest BCUT2D eigenvalue weighted by molar-refractivity contribution is -0.384. The van der Waals surface area contributed by atoms with Gasteiger partial charge in [-0.2, -0.15) is 0 Å². The Morgan fingerprint density at radius 2 is 2.00 bits per heavy atom. The number of fused-ring (bicyclic) bond motifs is 2. The van der Waals surface area contributed by atoms with Crippen LogP contribution in [0.25, 0.3) is 0 Å². The van der Waals surface area contributed by atoms with E-state index >= 15 is 0 Å². The van der Waals surface area contributed by atoms with Crippen molar-refractivity contribution in [2.75, 3.05) is 16.8 Å². The van der Waals surface area contributed by atoms with Crippen LogP contribution in [0.4, 0.5) is 22.9 Å². The molecule has 8 heteroatoms. The zero-order valence-corrected chi connectivity index (χ0v) is 14.8. The molecule has 3 aromatic rings. The van der Waals surface area contributed by atoms with Gasteiger partial charge in [0.1, 0.15) is 12.0 Å². The van der Waals surface area contributed by atoms with Gasteiger partial charge in [0.2, 0.25) is 0 Å². The van der Waals surface area contributed by atoms with E-state index in [2.05, 4.69) is 32.3 Å². The predicted octanol–water partition coefficient (Wildman–Crippen LogP) is 4.25. The number of nitro groups is 1. The summed E-state index contributed by atoms with van der Waals surface area (Å²) in [7, 11) is 0. The Morgan fingerprint density at radius 3 is 2.78 bits per heavy atom. The van der Waals surface area contributed by atoms with Gasteiger partial charge >= 0.3 is 0 Å². The van der Waals surface area contributed by atoms with Gasteiger partial charge in [0, 0.05) is 24.2 Å². The molecule has 0 saturated heterocycles. The van der Waals surface area contributed by atoms with Crippen LogP contribution in [0.1, 0.15) is 22.7 Å². The molecule has 5 rings (SSSR count). The van der Waals surface area contributed by atoms with Gasteiger partial charge in [-0.05, 0) is 29.7 Å². The first-order valence-corrected chi connectivity index (χ1v) is 8.92. The fourth-order valence-corrected chi connectivity index (χ4v) is 4.07. The van der Waals surface area contributed by atoms with Crippen molar-refractivity contribution in [1.29, 1.82) is 0 Å². The van der Waals surface area contributed by atoms with Crippen LogP contribution >= 0.6 is 11.6 Å². The minimum atomic E-state index is -0.397. The Morgan fingerprint density at radius 1 is 1.19 bits per heavy atom. The molecule has 1 aromatic heterocycles. The monoisotopic (exact) mass is 379 g/mol. The third-order valence-electron chi connectivity index (χ3n) is 5.10. The van der Waals surface area contributed by atoms with Gasteiger partial charge in [0.15, 0.2) is 11.0 Å². The second-order valence-electron chi connectivity index (χ2n) is 6.55. The van der Waals surface area contributed by atoms with Crippen molar-refractivity contribution in [3.8, 4) is 0 Å². The molecule has 0 amide bonds. The number of hydrogen-bond acceptors (Lipinski definition) is 6. The number of nitro benzene ring substituents is 1. The number of halogens is 1. The highest BCUT2D eigenvalue weighted by Crippen LogP contribution is 2.48. The summed E-state index contributed by atoms with van der Waals surface area (Å²) in [5.41, 5.74) is 5.12. The van der Waals surface area contributed by atoms with Crippen molar-refractivity contribution in [3.05, 3.63) is 80.7 Å². The minimum absolute atomic E-state index is 0.0639. The van der Waals surface area contributed by atoms with Crippen molar-refractivity contribution in [2.24, 2.45) is 0 Å². The van der Waals surface area contributed by atoms with Crippen molar-refractivity contribution < 1.29 is 4.92 Å². The van der Waals surface area contributed by atoms with Crippen LogP contribution in [-0.2, 0) is 6.42 Å². The average molecular weight is 380 g/mol. The number of nitrogens with zero attached hydrogens (tertiary/aromatic N) is 4. The first-order chi connectivity index (χ1) is 13.1. The van der Waals surface area contributed by atoms with Crippen LogP contribution in [0.15, 0.2) is 48.8 Å². The maximum Gasteiger partial charge on any atom is 0.269 e. The van der Waals surface area contributed by atoms with E-state index in [1.54, 1.807) is 12.1 Å². The van der Waals surface area contributed by atoms with E-state index in [1.165, 1.54) is 24.0 Å². The van der Waals surface area contributed by atoms with Gasteiger partial charge in [0.25, 0.3) is 5.69 Å². The van der Waals surface area contributed by atoms with Crippen LogP contribution in [0.3, 0.4) is 0 Å². The van der Waals surface area contributed by atoms with Gasteiger partial charge in [0.05, 0.1) is 16.7 Å². The highest BCUT2D eigenvalue weighted by molar-refractivity contribution is 6.32. The molecule has 7 nitrogen and oxygen atoms in total. The molecule has 27 heavy (non-hydrogen) atoms. The molecule has 1 atom stereocenters. The maximum absolute atomic E-state index is 11.0. The molecule has 1 N–H and O–H groups in total. The Balaban J connectivity index is 1.72. The molecule has 0 bridgehead atoms. The molecular formula is C19H14ClN5O2. The fourth-order valence-electron chi connectivity index (χ4n) is 3.89. The summed E-state index contributed by atoms with van der Waals surface area (Å²) in [4.78, 5) is 21.4. The maximum atomic E-state index is 11.0. The smallest absolute Gasteiger partial charge is 0.269 e. The van der Waals surface area contributed by atoms with Crippen molar-refractivity contribution in [2.45, 2.75) is 12.5 Å². The summed E-state index contributed by atoms with van der Waals surface area (Å²) in [6, 6.07) is 12.6. The molecule has 0 saturated carbocycles. The van der Waals surface area contributed by atoms with Gasteiger partial charge in [-0.25, -0.2) is 9.97 Å². The van der Waals surface area contributed by atoms with E-state index in [0.29, 0.717) is 10.8 Å². The summed E-state index contributed by atoms with van der Waals surface area (Å²) in [5, 5.41) is 14.8. The molecule has 0 fully saturated rings. The lowest BCUT2D eigenvalue weighted by Gasteiger charge is -2.21. The molecule has 2 aliphatic rings. The number of aromatic nitrogens is 2. The van der Waals surface area contributed by atoms with Crippen LogP contribution in [0, 0.1) is 10.1 Å². The number of hydrogen-bond donors (Lipinski definition) is 1. The third kappa shape index (κ3) is 2.43. The first kappa shape index (κ1) is 16.0. The Hall–Kier alpha value is -3.19. The van der Waals surface area contributed by atoms with Crippen molar-refractivity contribution in [1.82, 2.24) is 9.97 Å². The highest BCUT2D eigenvalue weighted by atomic mass is 35.5. The number of anilines is 3. The molecule has 0 radical (unpaired) electrons. The molecule has 0 spiro atoms. The molecule has 1 unspecified atom stereocenters. The second-order valence-corrected chi connectivity index (χ2v) is 6.90. The number of rotatable bonds is 2. The number of nitrogens with one attached hydrogen (secondary N) is 1. The Bertz CT molecular complexity index is 1070. The second kappa shape index (κ2) is 5.92. The van der Waals surface area contributed by atoms with E-state index in [4.69, 9.17) is 11.6 Å². The zero-order valence-electron chi connectivity index (χ0n) is 14.1. The lowest BCUT2D eigenvalue weighted by Crippen LogP contribution is -2.15. The van der Waals surface area contributed by atoms with Crippen LogP contribution in [-0.4, -0.2) is 21.4 Å². The first-order valence-electron chi connectivity index (χ1n) is 8.54. The minimum Gasteiger partial charge on any atom is -0.369 e. The van der Waals surface area contributed by atoms with Crippen LogP contribution in [0.2, 0.25) is 5.15 Å². The molecule has 2 aliphatic heterocycles. The molecule has 134 valence electrons. The summed E-state index contributed by atoms with van der Waals surface area (Å²) >= 11 is 6.39. The lowest BCUT2D eigenvalue weighted by atomic mass is 9.95. The third-order valence-corrected chi connectivity index (χ3v) is 5.39. The topological polar surface area (TPSA) is 84.2 Å². The number of non-ortho nitro benzene ring substituents is 1. The van der Waals surface area contributed by atoms with Crippen LogP contribution in [0.5, 0.6) is 0 Å². The summed E-state index contributed by atoms with van der Waals surface area (Å²) < 4.78 is 0. The number of benzene rings is 2. The molecular weight excluding hydrogens is 366 g/mol. The molecule has 0 aliphatic carbocycles. The Labute approximate surface area is 159 Å². The van der Waals surface area contributed by atoms with Crippen LogP contribution < -0.4 is 10.2 Å². The van der Waals surface area contributed by atoms with Gasteiger partial charge in [-0.15, -0.1) is 0 Å². The standard InChI is InChI=1S/C19H14ClN5O2/c20-18-16-19(22-10-21-18)24-9-8-12-2-1-3-14(17(12)24)15(23-16)11-4-6-13(7-5-11)25(26)27/h1-7,10,15,23H,8-9H2. The van der Waals surface area contributed by atoms with E-state index in [0.717, 1.165) is 35.6 Å². The largest absolute Gasteiger partial charge is 0.369 e. The summed E-state index contributed by atoms with van der Waals surface area (Å²) in [5.74, 6) is 0.755. The van der Waals surface area contributed by atoms with E-state index in [1.807, 2.05) is 6.07 Å². The summed E-state index contributed by atoms with van der Waals surface area (Å²) in [6.07, 6.45) is 2.40. The van der Waals surface area contributed by atoms with E-state index in [9.17, 15) is 10.1 Å². The van der Waals surface area contributed by atoms with Gasteiger partial charge < -0.3 is 10.2 Å². The zero-order chi connectivity index (χ0) is 18.5. The number of para-hydroxylation sites is 1. The summed E-state index contributed by atoms with van der Waals surface area (Å²) in [6.45, 7) is 0.821. The molecule has 2 aromatic carbocycles. The quantitative estimate of drug-likeness (QED) is 0.407. The van der Waals surface area contributed by atoms with E-state index < -0.39 is 4.92 Å². The fraction of sp³-hybridized carbons (Fsp3) is 0.158. The highest BCUT2D eigenvalue weighted by Gasteiger charge is 2.34. The van der Waals surface area contributed by atoms with E-state index in [-0.39, 0.29) is 11.7 Å². The average Bonchev–Trinajstić information content (AvgIpc) is 3.05. The SMILES string of the molecule is O=[N+]([O-])c1ccc(C2Nc3c(Cl)ncnc3N3CCc4cccc2c43)cc1. The molecule has 3 heterocycles. The van der Waals surface area contributed by atoms with Gasteiger partial charge in [-0.1, -0.05) is 29.8 Å². The predicted molar refractivity (Wildman–Crippen MR) is 103 cm³/mol.